The molecule has 0 unspecified atom stereocenters. The molecule has 1 amide bonds. The second kappa shape index (κ2) is 9.63. The normalized spacial score (nSPS) is 12.1. The van der Waals surface area contributed by atoms with Crippen molar-refractivity contribution in [2.24, 2.45) is 0 Å². The standard InChI is InChI=1S/C18H23N3O4S2/c1-13(8-9-15-6-4-3-5-7-15)12-16(22)19-10-11-20-27(24,25)17-14(2)21-18(23)26-17/h3-7,12,20H,8-11H2,1-2H3,(H,19,22)(H,21,23)/b13-12+. The van der Waals surface area contributed by atoms with Crippen LogP contribution in [0.25, 0.3) is 0 Å². The quantitative estimate of drug-likeness (QED) is 0.433. The summed E-state index contributed by atoms with van der Waals surface area (Å²) >= 11 is 0.639. The average molecular weight is 410 g/mol. The molecule has 9 heteroatoms. The van der Waals surface area contributed by atoms with Gasteiger partial charge in [0.2, 0.25) is 5.91 Å². The van der Waals surface area contributed by atoms with E-state index in [4.69, 9.17) is 0 Å². The number of allylic oxidation sites excluding steroid dienone is 1. The number of thiazole rings is 1. The molecule has 0 spiro atoms. The summed E-state index contributed by atoms with van der Waals surface area (Å²) in [5, 5.41) is 2.65. The van der Waals surface area contributed by atoms with Crippen LogP contribution in [0.15, 0.2) is 51.0 Å². The Morgan fingerprint density at radius 2 is 1.93 bits per heavy atom. The van der Waals surface area contributed by atoms with E-state index in [1.807, 2.05) is 37.3 Å². The first-order valence-corrected chi connectivity index (χ1v) is 10.8. The van der Waals surface area contributed by atoms with E-state index < -0.39 is 14.9 Å². The van der Waals surface area contributed by atoms with Crippen molar-refractivity contribution in [3.05, 3.63) is 62.9 Å². The van der Waals surface area contributed by atoms with E-state index in [1.54, 1.807) is 0 Å². The molecule has 27 heavy (non-hydrogen) atoms. The second-order valence-corrected chi connectivity index (χ2v) is 9.04. The zero-order valence-corrected chi connectivity index (χ0v) is 16.9. The lowest BCUT2D eigenvalue weighted by atomic mass is 10.1. The molecule has 0 aliphatic heterocycles. The van der Waals surface area contributed by atoms with Crippen LogP contribution >= 0.6 is 11.3 Å². The molecule has 2 aromatic rings. The van der Waals surface area contributed by atoms with Crippen molar-refractivity contribution >= 4 is 27.3 Å². The fourth-order valence-corrected chi connectivity index (χ4v) is 4.79. The van der Waals surface area contributed by atoms with Gasteiger partial charge in [-0.05, 0) is 32.3 Å². The van der Waals surface area contributed by atoms with Crippen LogP contribution in [-0.4, -0.2) is 32.4 Å². The van der Waals surface area contributed by atoms with Crippen LogP contribution in [0, 0.1) is 6.92 Å². The maximum absolute atomic E-state index is 12.1. The Bertz CT molecular complexity index is 960. The van der Waals surface area contributed by atoms with Crippen LogP contribution in [-0.2, 0) is 21.2 Å². The Kier molecular flexibility index (Phi) is 7.52. The van der Waals surface area contributed by atoms with Gasteiger partial charge in [-0.1, -0.05) is 47.2 Å². The highest BCUT2D eigenvalue weighted by Crippen LogP contribution is 2.14. The van der Waals surface area contributed by atoms with E-state index in [-0.39, 0.29) is 23.2 Å². The lowest BCUT2D eigenvalue weighted by Gasteiger charge is -2.07. The fraction of sp³-hybridized carbons (Fsp3) is 0.333. The van der Waals surface area contributed by atoms with E-state index >= 15 is 0 Å². The molecular weight excluding hydrogens is 386 g/mol. The topological polar surface area (TPSA) is 108 Å². The van der Waals surface area contributed by atoms with E-state index in [0.717, 1.165) is 18.4 Å². The van der Waals surface area contributed by atoms with Crippen molar-refractivity contribution in [3.8, 4) is 0 Å². The first-order valence-electron chi connectivity index (χ1n) is 8.46. The van der Waals surface area contributed by atoms with Crippen molar-refractivity contribution in [3.63, 3.8) is 0 Å². The van der Waals surface area contributed by atoms with Crippen LogP contribution in [0.5, 0.6) is 0 Å². The van der Waals surface area contributed by atoms with Crippen molar-refractivity contribution < 1.29 is 13.2 Å². The number of aryl methyl sites for hydroxylation is 2. The van der Waals surface area contributed by atoms with E-state index in [0.29, 0.717) is 17.0 Å². The molecule has 2 rings (SSSR count). The van der Waals surface area contributed by atoms with Gasteiger partial charge in [-0.3, -0.25) is 9.59 Å². The van der Waals surface area contributed by atoms with Gasteiger partial charge in [0.1, 0.15) is 0 Å². The molecule has 0 atom stereocenters. The number of nitrogens with one attached hydrogen (secondary N) is 3. The maximum Gasteiger partial charge on any atom is 0.305 e. The van der Waals surface area contributed by atoms with Gasteiger partial charge in [0.25, 0.3) is 10.0 Å². The van der Waals surface area contributed by atoms with Crippen LogP contribution in [0.2, 0.25) is 0 Å². The number of aromatic nitrogens is 1. The molecule has 0 bridgehead atoms. The minimum atomic E-state index is -3.76. The summed E-state index contributed by atoms with van der Waals surface area (Å²) in [6.07, 6.45) is 3.16. The number of benzene rings is 1. The number of rotatable bonds is 9. The zero-order chi connectivity index (χ0) is 19.9. The third-order valence-corrected chi connectivity index (χ3v) is 6.84. The number of hydrogen-bond acceptors (Lipinski definition) is 5. The number of hydrogen-bond donors (Lipinski definition) is 3. The minimum absolute atomic E-state index is 0.0320. The molecule has 1 aromatic carbocycles. The predicted octanol–water partition coefficient (Wildman–Crippen LogP) is 1.72. The van der Waals surface area contributed by atoms with Gasteiger partial charge in [0.15, 0.2) is 4.21 Å². The molecule has 3 N–H and O–H groups in total. The number of amides is 1. The molecule has 1 heterocycles. The Hall–Kier alpha value is -2.23. The van der Waals surface area contributed by atoms with E-state index in [2.05, 4.69) is 15.0 Å². The number of H-pyrrole nitrogens is 1. The van der Waals surface area contributed by atoms with E-state index in [9.17, 15) is 18.0 Å². The Morgan fingerprint density at radius 1 is 1.22 bits per heavy atom. The van der Waals surface area contributed by atoms with Gasteiger partial charge in [0, 0.05) is 24.9 Å². The molecular formula is C18H23N3O4S2. The van der Waals surface area contributed by atoms with Crippen molar-refractivity contribution in [2.75, 3.05) is 13.1 Å². The largest absolute Gasteiger partial charge is 0.351 e. The molecule has 7 nitrogen and oxygen atoms in total. The first kappa shape index (κ1) is 21.1. The minimum Gasteiger partial charge on any atom is -0.351 e. The summed E-state index contributed by atoms with van der Waals surface area (Å²) < 4.78 is 26.6. The summed E-state index contributed by atoms with van der Waals surface area (Å²) in [5.41, 5.74) is 2.46. The molecule has 0 radical (unpaired) electrons. The zero-order valence-electron chi connectivity index (χ0n) is 15.2. The molecule has 0 aliphatic carbocycles. The van der Waals surface area contributed by atoms with Crippen molar-refractivity contribution in [1.82, 2.24) is 15.0 Å². The summed E-state index contributed by atoms with van der Waals surface area (Å²) in [6, 6.07) is 10.0. The molecule has 146 valence electrons. The van der Waals surface area contributed by atoms with Gasteiger partial charge in [-0.25, -0.2) is 13.1 Å². The van der Waals surface area contributed by atoms with Crippen LogP contribution in [0.4, 0.5) is 0 Å². The van der Waals surface area contributed by atoms with Gasteiger partial charge in [-0.15, -0.1) is 0 Å². The molecule has 0 fully saturated rings. The predicted molar refractivity (Wildman–Crippen MR) is 106 cm³/mol. The van der Waals surface area contributed by atoms with Gasteiger partial charge in [-0.2, -0.15) is 0 Å². The molecule has 0 saturated carbocycles. The summed E-state index contributed by atoms with van der Waals surface area (Å²) in [5.74, 6) is -0.262. The van der Waals surface area contributed by atoms with Crippen LogP contribution in [0.1, 0.15) is 24.6 Å². The molecule has 0 saturated heterocycles. The highest BCUT2D eigenvalue weighted by molar-refractivity contribution is 7.91. The Balaban J connectivity index is 1.75. The highest BCUT2D eigenvalue weighted by Gasteiger charge is 2.19. The smallest absolute Gasteiger partial charge is 0.305 e. The van der Waals surface area contributed by atoms with Crippen molar-refractivity contribution in [2.45, 2.75) is 30.9 Å². The number of aromatic amines is 1. The average Bonchev–Trinajstić information content (AvgIpc) is 2.97. The first-order chi connectivity index (χ1) is 12.8. The molecule has 1 aromatic heterocycles. The van der Waals surface area contributed by atoms with E-state index in [1.165, 1.54) is 18.6 Å². The number of carbonyl (C=O) groups is 1. The van der Waals surface area contributed by atoms with Gasteiger partial charge < -0.3 is 10.3 Å². The second-order valence-electron chi connectivity index (χ2n) is 6.09. The maximum atomic E-state index is 12.1. The summed E-state index contributed by atoms with van der Waals surface area (Å²) in [4.78, 5) is 25.2. The lowest BCUT2D eigenvalue weighted by molar-refractivity contribution is -0.116. The molecule has 0 aliphatic rings. The monoisotopic (exact) mass is 409 g/mol. The summed E-state index contributed by atoms with van der Waals surface area (Å²) in [7, 11) is -3.76. The Labute approximate surface area is 162 Å². The SMILES string of the molecule is C/C(=C\C(=O)NCCNS(=O)(=O)c1sc(=O)[nH]c1C)CCc1ccccc1. The number of carbonyl (C=O) groups excluding carboxylic acids is 1. The number of sulfonamides is 1. The van der Waals surface area contributed by atoms with Gasteiger partial charge in [0.05, 0.1) is 0 Å². The van der Waals surface area contributed by atoms with Crippen LogP contribution in [0.3, 0.4) is 0 Å². The van der Waals surface area contributed by atoms with Crippen LogP contribution < -0.4 is 14.9 Å². The lowest BCUT2D eigenvalue weighted by Crippen LogP contribution is -2.34. The highest BCUT2D eigenvalue weighted by atomic mass is 32.2. The Morgan fingerprint density at radius 3 is 2.56 bits per heavy atom. The summed E-state index contributed by atoms with van der Waals surface area (Å²) in [6.45, 7) is 3.61. The van der Waals surface area contributed by atoms with Crippen molar-refractivity contribution in [1.29, 1.82) is 0 Å². The fourth-order valence-electron chi connectivity index (χ4n) is 2.42. The third-order valence-electron chi connectivity index (χ3n) is 3.77. The third kappa shape index (κ3) is 6.78. The van der Waals surface area contributed by atoms with Gasteiger partial charge >= 0.3 is 4.87 Å².